The molecule has 10 nitrogen and oxygen atoms in total. The van der Waals surface area contributed by atoms with Crippen LogP contribution in [0.2, 0.25) is 0 Å². The molecule has 2 aromatic rings. The van der Waals surface area contributed by atoms with E-state index in [1.165, 1.54) is 30.3 Å². The van der Waals surface area contributed by atoms with Gasteiger partial charge in [0.25, 0.3) is 11.4 Å². The SMILES string of the molecule is O=C(Cc1ccccc1[N+](=O)[O-])OCCCNc1ccc([N+](=O)[O-])cn1. The van der Waals surface area contributed by atoms with Crippen molar-refractivity contribution in [3.8, 4) is 0 Å². The van der Waals surface area contributed by atoms with Crippen LogP contribution in [0.1, 0.15) is 12.0 Å². The summed E-state index contributed by atoms with van der Waals surface area (Å²) >= 11 is 0. The van der Waals surface area contributed by atoms with Crippen molar-refractivity contribution in [1.82, 2.24) is 4.98 Å². The summed E-state index contributed by atoms with van der Waals surface area (Å²) in [6, 6.07) is 8.83. The molecule has 0 aliphatic rings. The van der Waals surface area contributed by atoms with Gasteiger partial charge in [0.1, 0.15) is 12.0 Å². The number of hydrogen-bond acceptors (Lipinski definition) is 8. The number of hydrogen-bond donors (Lipinski definition) is 1. The lowest BCUT2D eigenvalue weighted by atomic mass is 10.1. The Hall–Kier alpha value is -3.56. The molecule has 0 atom stereocenters. The normalized spacial score (nSPS) is 10.2. The maximum absolute atomic E-state index is 11.8. The zero-order chi connectivity index (χ0) is 18.9. The predicted molar refractivity (Wildman–Crippen MR) is 91.8 cm³/mol. The number of nitro groups is 2. The summed E-state index contributed by atoms with van der Waals surface area (Å²) in [6.07, 6.45) is 1.46. The van der Waals surface area contributed by atoms with E-state index in [1.54, 1.807) is 6.07 Å². The molecule has 0 spiro atoms. The zero-order valence-electron chi connectivity index (χ0n) is 13.7. The number of rotatable bonds is 9. The van der Waals surface area contributed by atoms with Gasteiger partial charge in [-0.2, -0.15) is 0 Å². The summed E-state index contributed by atoms with van der Waals surface area (Å²) in [4.78, 5) is 36.0. The second-order valence-corrected chi connectivity index (χ2v) is 5.22. The number of nitro benzene ring substituents is 1. The molecule has 1 aromatic carbocycles. The highest BCUT2D eigenvalue weighted by Gasteiger charge is 2.16. The topological polar surface area (TPSA) is 138 Å². The molecule has 136 valence electrons. The first-order valence-electron chi connectivity index (χ1n) is 7.69. The molecule has 0 amide bonds. The van der Waals surface area contributed by atoms with Crippen LogP contribution in [0, 0.1) is 20.2 Å². The Kier molecular flexibility index (Phi) is 6.54. The van der Waals surface area contributed by atoms with Crippen LogP contribution < -0.4 is 5.32 Å². The molecule has 2 rings (SSSR count). The molecule has 1 aromatic heterocycles. The van der Waals surface area contributed by atoms with Gasteiger partial charge in [0, 0.05) is 24.2 Å². The van der Waals surface area contributed by atoms with Crippen LogP contribution in [0.3, 0.4) is 0 Å². The summed E-state index contributed by atoms with van der Waals surface area (Å²) in [5, 5.41) is 24.4. The third kappa shape index (κ3) is 5.51. The van der Waals surface area contributed by atoms with Crippen LogP contribution in [0.15, 0.2) is 42.6 Å². The van der Waals surface area contributed by atoms with Gasteiger partial charge in [-0.15, -0.1) is 0 Å². The first kappa shape index (κ1) is 18.8. The molecular formula is C16H16N4O6. The molecule has 0 aliphatic heterocycles. The van der Waals surface area contributed by atoms with Crippen LogP contribution in [0.4, 0.5) is 17.2 Å². The molecule has 0 aliphatic carbocycles. The van der Waals surface area contributed by atoms with Crippen molar-refractivity contribution in [2.24, 2.45) is 0 Å². The van der Waals surface area contributed by atoms with Crippen LogP contribution >= 0.6 is 0 Å². The van der Waals surface area contributed by atoms with Crippen molar-refractivity contribution in [3.05, 3.63) is 68.4 Å². The Balaban J connectivity index is 1.70. The first-order chi connectivity index (χ1) is 12.5. The van der Waals surface area contributed by atoms with Gasteiger partial charge in [0.2, 0.25) is 0 Å². The first-order valence-corrected chi connectivity index (χ1v) is 7.69. The number of aromatic nitrogens is 1. The standard InChI is InChI=1S/C16H16N4O6/c21-16(10-12-4-1-2-5-14(12)20(24)25)26-9-3-8-17-15-7-6-13(11-18-15)19(22)23/h1-2,4-7,11H,3,8-10H2,(H,17,18). The highest BCUT2D eigenvalue weighted by atomic mass is 16.6. The predicted octanol–water partition coefficient (Wildman–Crippen LogP) is 2.49. The summed E-state index contributed by atoms with van der Waals surface area (Å²) in [6.45, 7) is 0.586. The van der Waals surface area contributed by atoms with E-state index in [0.29, 0.717) is 24.3 Å². The smallest absolute Gasteiger partial charge is 0.310 e. The van der Waals surface area contributed by atoms with Crippen molar-refractivity contribution in [2.75, 3.05) is 18.5 Å². The van der Waals surface area contributed by atoms with Crippen molar-refractivity contribution >= 4 is 23.2 Å². The molecule has 0 fully saturated rings. The van der Waals surface area contributed by atoms with E-state index in [4.69, 9.17) is 4.74 Å². The third-order valence-corrected chi connectivity index (χ3v) is 3.37. The quantitative estimate of drug-likeness (QED) is 0.311. The Bertz CT molecular complexity index is 794. The monoisotopic (exact) mass is 360 g/mol. The van der Waals surface area contributed by atoms with Crippen LogP contribution in [-0.4, -0.2) is 34.0 Å². The highest BCUT2D eigenvalue weighted by molar-refractivity contribution is 5.74. The van der Waals surface area contributed by atoms with Gasteiger partial charge >= 0.3 is 5.97 Å². The second kappa shape index (κ2) is 9.06. The molecule has 0 saturated carbocycles. The van der Waals surface area contributed by atoms with Gasteiger partial charge in [-0.25, -0.2) is 4.98 Å². The lowest BCUT2D eigenvalue weighted by molar-refractivity contribution is -0.385. The fourth-order valence-corrected chi connectivity index (χ4v) is 2.12. The fraction of sp³-hybridized carbons (Fsp3) is 0.250. The molecule has 10 heteroatoms. The number of ether oxygens (including phenoxy) is 1. The van der Waals surface area contributed by atoms with E-state index in [9.17, 15) is 25.0 Å². The van der Waals surface area contributed by atoms with E-state index in [2.05, 4.69) is 10.3 Å². The highest BCUT2D eigenvalue weighted by Crippen LogP contribution is 2.18. The molecule has 0 bridgehead atoms. The van der Waals surface area contributed by atoms with Gasteiger partial charge in [-0.3, -0.25) is 25.0 Å². The van der Waals surface area contributed by atoms with Crippen molar-refractivity contribution in [1.29, 1.82) is 0 Å². The minimum atomic E-state index is -0.548. The van der Waals surface area contributed by atoms with Gasteiger partial charge in [0.05, 0.1) is 22.9 Å². The Morgan fingerprint density at radius 2 is 1.88 bits per heavy atom. The Morgan fingerprint density at radius 1 is 1.12 bits per heavy atom. The van der Waals surface area contributed by atoms with Crippen LogP contribution in [-0.2, 0) is 16.0 Å². The summed E-state index contributed by atoms with van der Waals surface area (Å²) in [5.41, 5.74) is 0.0885. The molecule has 0 saturated heterocycles. The summed E-state index contributed by atoms with van der Waals surface area (Å²) in [7, 11) is 0. The van der Waals surface area contributed by atoms with E-state index in [-0.39, 0.29) is 24.4 Å². The second-order valence-electron chi connectivity index (χ2n) is 5.22. The molecule has 26 heavy (non-hydrogen) atoms. The Labute approximate surface area is 148 Å². The fourth-order valence-electron chi connectivity index (χ4n) is 2.12. The van der Waals surface area contributed by atoms with Gasteiger partial charge in [0.15, 0.2) is 0 Å². The summed E-state index contributed by atoms with van der Waals surface area (Å²) in [5.74, 6) is -0.0744. The molecular weight excluding hydrogens is 344 g/mol. The average molecular weight is 360 g/mol. The molecule has 0 radical (unpaired) electrons. The van der Waals surface area contributed by atoms with Gasteiger partial charge in [-0.05, 0) is 12.5 Å². The third-order valence-electron chi connectivity index (χ3n) is 3.37. The van der Waals surface area contributed by atoms with E-state index >= 15 is 0 Å². The number of carbonyl (C=O) groups excluding carboxylic acids is 1. The van der Waals surface area contributed by atoms with Crippen LogP contribution in [0.25, 0.3) is 0 Å². The zero-order valence-corrected chi connectivity index (χ0v) is 13.7. The summed E-state index contributed by atoms with van der Waals surface area (Å²) < 4.78 is 5.06. The number of benzene rings is 1. The van der Waals surface area contributed by atoms with Crippen LogP contribution in [0.5, 0.6) is 0 Å². The largest absolute Gasteiger partial charge is 0.465 e. The van der Waals surface area contributed by atoms with E-state index in [1.807, 2.05) is 0 Å². The van der Waals surface area contributed by atoms with E-state index in [0.717, 1.165) is 6.20 Å². The number of pyridine rings is 1. The number of carbonyl (C=O) groups is 1. The van der Waals surface area contributed by atoms with Crippen molar-refractivity contribution in [2.45, 2.75) is 12.8 Å². The number of para-hydroxylation sites is 1. The number of anilines is 1. The van der Waals surface area contributed by atoms with Crippen molar-refractivity contribution in [3.63, 3.8) is 0 Å². The van der Waals surface area contributed by atoms with Gasteiger partial charge in [-0.1, -0.05) is 18.2 Å². The maximum atomic E-state index is 11.8. The van der Waals surface area contributed by atoms with Crippen molar-refractivity contribution < 1.29 is 19.4 Å². The number of esters is 1. The molecule has 1 heterocycles. The number of nitrogens with one attached hydrogen (secondary N) is 1. The minimum Gasteiger partial charge on any atom is -0.465 e. The van der Waals surface area contributed by atoms with E-state index < -0.39 is 15.8 Å². The lowest BCUT2D eigenvalue weighted by Crippen LogP contribution is -2.13. The lowest BCUT2D eigenvalue weighted by Gasteiger charge is -2.07. The molecule has 1 N–H and O–H groups in total. The van der Waals surface area contributed by atoms with Gasteiger partial charge < -0.3 is 10.1 Å². The maximum Gasteiger partial charge on any atom is 0.310 e. The molecule has 0 unspecified atom stereocenters. The minimum absolute atomic E-state index is 0.0977. The average Bonchev–Trinajstić information content (AvgIpc) is 2.62. The number of nitrogens with zero attached hydrogens (tertiary/aromatic N) is 3. The Morgan fingerprint density at radius 3 is 2.54 bits per heavy atom.